The van der Waals surface area contributed by atoms with Crippen LogP contribution in [0, 0.1) is 5.92 Å². The summed E-state index contributed by atoms with van der Waals surface area (Å²) in [6.45, 7) is 1.94. The van der Waals surface area contributed by atoms with Crippen molar-refractivity contribution in [3.63, 3.8) is 0 Å². The van der Waals surface area contributed by atoms with Crippen LogP contribution in [0.2, 0.25) is 0 Å². The lowest BCUT2D eigenvalue weighted by atomic mass is 9.78. The first kappa shape index (κ1) is 11.0. The van der Waals surface area contributed by atoms with Gasteiger partial charge in [-0.1, -0.05) is 42.1 Å². The van der Waals surface area contributed by atoms with E-state index in [1.54, 1.807) is 0 Å². The number of hydrogen-bond acceptors (Lipinski definition) is 1. The lowest BCUT2D eigenvalue weighted by Gasteiger charge is -2.33. The summed E-state index contributed by atoms with van der Waals surface area (Å²) in [6, 6.07) is 0. The zero-order chi connectivity index (χ0) is 9.90. The molecule has 0 heterocycles. The highest BCUT2D eigenvalue weighted by atomic mass is 79.9. The summed E-state index contributed by atoms with van der Waals surface area (Å²) < 4.78 is -0.659. The van der Waals surface area contributed by atoms with Gasteiger partial charge >= 0.3 is 5.97 Å². The van der Waals surface area contributed by atoms with E-state index in [9.17, 15) is 4.79 Å². The molecule has 1 aliphatic rings. The molecule has 2 nitrogen and oxygen atoms in total. The third kappa shape index (κ3) is 2.25. The van der Waals surface area contributed by atoms with Gasteiger partial charge in [-0.2, -0.15) is 0 Å². The summed E-state index contributed by atoms with van der Waals surface area (Å²) in [5.74, 6) is -0.370. The Morgan fingerprint density at radius 2 is 2.00 bits per heavy atom. The minimum absolute atomic E-state index is 0.323. The Morgan fingerprint density at radius 3 is 2.38 bits per heavy atom. The number of carbonyl (C=O) groups is 1. The topological polar surface area (TPSA) is 37.3 Å². The van der Waals surface area contributed by atoms with Crippen LogP contribution in [0.15, 0.2) is 0 Å². The third-order valence-corrected chi connectivity index (χ3v) is 4.67. The molecule has 1 N–H and O–H groups in total. The molecule has 13 heavy (non-hydrogen) atoms. The maximum Gasteiger partial charge on any atom is 0.320 e. The summed E-state index contributed by atoms with van der Waals surface area (Å²) >= 11 is 3.41. The lowest BCUT2D eigenvalue weighted by molar-refractivity contribution is -0.141. The smallest absolute Gasteiger partial charge is 0.320 e. The fourth-order valence-corrected chi connectivity index (χ4v) is 2.63. The molecular weight excluding hydrogens is 232 g/mol. The van der Waals surface area contributed by atoms with Gasteiger partial charge in [0.15, 0.2) is 0 Å². The average molecular weight is 249 g/mol. The van der Waals surface area contributed by atoms with Crippen molar-refractivity contribution < 1.29 is 9.90 Å². The number of carboxylic acids is 1. The SMILES string of the molecule is CCC(Br)(C(=O)O)C1CCCCC1. The molecule has 0 saturated heterocycles. The van der Waals surface area contributed by atoms with Gasteiger partial charge in [0.1, 0.15) is 4.32 Å². The molecule has 1 atom stereocenters. The van der Waals surface area contributed by atoms with Gasteiger partial charge in [0.25, 0.3) is 0 Å². The van der Waals surface area contributed by atoms with Gasteiger partial charge in [0.05, 0.1) is 0 Å². The van der Waals surface area contributed by atoms with Crippen molar-refractivity contribution in [3.8, 4) is 0 Å². The van der Waals surface area contributed by atoms with Crippen LogP contribution in [0.25, 0.3) is 0 Å². The van der Waals surface area contributed by atoms with Gasteiger partial charge in [-0.25, -0.2) is 0 Å². The molecule has 0 bridgehead atoms. The first-order valence-corrected chi connectivity index (χ1v) is 5.83. The molecule has 0 aliphatic heterocycles. The second-order valence-electron chi connectivity index (χ2n) is 3.86. The van der Waals surface area contributed by atoms with Crippen molar-refractivity contribution in [3.05, 3.63) is 0 Å². The van der Waals surface area contributed by atoms with E-state index in [1.807, 2.05) is 6.92 Å². The highest BCUT2D eigenvalue weighted by molar-refractivity contribution is 9.10. The molecule has 1 unspecified atom stereocenters. The summed E-state index contributed by atoms with van der Waals surface area (Å²) in [6.07, 6.45) is 6.43. The van der Waals surface area contributed by atoms with Gasteiger partial charge in [0.2, 0.25) is 0 Å². The maximum absolute atomic E-state index is 11.1. The van der Waals surface area contributed by atoms with Crippen molar-refractivity contribution in [2.75, 3.05) is 0 Å². The Labute approximate surface area is 87.8 Å². The Bertz CT molecular complexity index is 187. The van der Waals surface area contributed by atoms with E-state index in [2.05, 4.69) is 15.9 Å². The van der Waals surface area contributed by atoms with E-state index in [0.717, 1.165) is 12.8 Å². The minimum atomic E-state index is -0.693. The summed E-state index contributed by atoms with van der Waals surface area (Å²) in [7, 11) is 0. The third-order valence-electron chi connectivity index (χ3n) is 3.12. The van der Waals surface area contributed by atoms with Crippen LogP contribution in [-0.4, -0.2) is 15.4 Å². The first-order valence-electron chi connectivity index (χ1n) is 5.03. The van der Waals surface area contributed by atoms with Crippen molar-refractivity contribution in [1.82, 2.24) is 0 Å². The minimum Gasteiger partial charge on any atom is -0.480 e. The van der Waals surface area contributed by atoms with Gasteiger partial charge in [-0.3, -0.25) is 4.79 Å². The predicted molar refractivity (Wildman–Crippen MR) is 56.2 cm³/mol. The normalized spacial score (nSPS) is 23.8. The zero-order valence-corrected chi connectivity index (χ0v) is 9.64. The molecule has 0 aromatic rings. The molecule has 0 amide bonds. The molecule has 0 spiro atoms. The molecule has 1 aliphatic carbocycles. The van der Waals surface area contributed by atoms with Crippen LogP contribution >= 0.6 is 15.9 Å². The van der Waals surface area contributed by atoms with Crippen LogP contribution < -0.4 is 0 Å². The molecule has 1 fully saturated rings. The molecule has 0 aromatic carbocycles. The van der Waals surface area contributed by atoms with Crippen LogP contribution in [0.3, 0.4) is 0 Å². The summed E-state index contributed by atoms with van der Waals surface area (Å²) in [4.78, 5) is 11.1. The predicted octanol–water partition coefficient (Wildman–Crippen LogP) is 3.20. The average Bonchev–Trinajstić information content (AvgIpc) is 2.17. The quantitative estimate of drug-likeness (QED) is 0.780. The molecular formula is C10H17BrO2. The Morgan fingerprint density at radius 1 is 1.46 bits per heavy atom. The van der Waals surface area contributed by atoms with E-state index in [4.69, 9.17) is 5.11 Å². The number of hydrogen-bond donors (Lipinski definition) is 1. The fraction of sp³-hybridized carbons (Fsp3) is 0.900. The first-order chi connectivity index (χ1) is 6.11. The number of rotatable bonds is 3. The van der Waals surface area contributed by atoms with Crippen LogP contribution in [0.4, 0.5) is 0 Å². The van der Waals surface area contributed by atoms with E-state index in [-0.39, 0.29) is 0 Å². The van der Waals surface area contributed by atoms with Gasteiger partial charge in [-0.05, 0) is 25.2 Å². The zero-order valence-electron chi connectivity index (χ0n) is 8.05. The highest BCUT2D eigenvalue weighted by Crippen LogP contribution is 2.40. The second-order valence-corrected chi connectivity index (χ2v) is 5.27. The highest BCUT2D eigenvalue weighted by Gasteiger charge is 2.41. The van der Waals surface area contributed by atoms with Crippen LogP contribution in [0.5, 0.6) is 0 Å². The molecule has 0 aromatic heterocycles. The Hall–Kier alpha value is -0.0500. The molecule has 1 saturated carbocycles. The van der Waals surface area contributed by atoms with Crippen molar-refractivity contribution in [1.29, 1.82) is 0 Å². The number of alkyl halides is 1. The lowest BCUT2D eigenvalue weighted by Crippen LogP contribution is -2.40. The molecule has 3 heteroatoms. The second kappa shape index (κ2) is 4.45. The van der Waals surface area contributed by atoms with Gasteiger partial charge in [-0.15, -0.1) is 0 Å². The Balaban J connectivity index is 2.68. The Kier molecular flexibility index (Phi) is 3.77. The van der Waals surface area contributed by atoms with E-state index < -0.39 is 10.3 Å². The fourth-order valence-electron chi connectivity index (χ4n) is 2.17. The van der Waals surface area contributed by atoms with Gasteiger partial charge < -0.3 is 5.11 Å². The molecule has 1 rings (SSSR count). The van der Waals surface area contributed by atoms with E-state index >= 15 is 0 Å². The van der Waals surface area contributed by atoms with Crippen molar-refractivity contribution in [2.45, 2.75) is 49.8 Å². The largest absolute Gasteiger partial charge is 0.480 e. The summed E-state index contributed by atoms with van der Waals surface area (Å²) in [5.41, 5.74) is 0. The summed E-state index contributed by atoms with van der Waals surface area (Å²) in [5, 5.41) is 9.14. The monoisotopic (exact) mass is 248 g/mol. The standard InChI is InChI=1S/C10H17BrO2/c1-2-10(11,9(12)13)8-6-4-3-5-7-8/h8H,2-7H2,1H3,(H,12,13). The molecule has 0 radical (unpaired) electrons. The van der Waals surface area contributed by atoms with E-state index in [0.29, 0.717) is 12.3 Å². The maximum atomic E-state index is 11.1. The number of carboxylic acid groups (broad SMARTS) is 1. The van der Waals surface area contributed by atoms with E-state index in [1.165, 1.54) is 19.3 Å². The number of halogens is 1. The van der Waals surface area contributed by atoms with Gasteiger partial charge in [0, 0.05) is 0 Å². The molecule has 76 valence electrons. The number of aliphatic carboxylic acids is 1. The van der Waals surface area contributed by atoms with Crippen LogP contribution in [-0.2, 0) is 4.79 Å². The van der Waals surface area contributed by atoms with Crippen molar-refractivity contribution >= 4 is 21.9 Å². The van der Waals surface area contributed by atoms with Crippen molar-refractivity contribution in [2.24, 2.45) is 5.92 Å². The van der Waals surface area contributed by atoms with Crippen LogP contribution in [0.1, 0.15) is 45.4 Å².